The van der Waals surface area contributed by atoms with Crippen molar-refractivity contribution in [2.24, 2.45) is 5.92 Å². The van der Waals surface area contributed by atoms with Crippen LogP contribution >= 0.6 is 0 Å². The molecule has 3 rings (SSSR count). The van der Waals surface area contributed by atoms with Crippen molar-refractivity contribution in [3.63, 3.8) is 0 Å². The van der Waals surface area contributed by atoms with E-state index in [1.807, 2.05) is 14.7 Å². The van der Waals surface area contributed by atoms with E-state index in [-0.39, 0.29) is 29.9 Å². The Morgan fingerprint density at radius 3 is 2.17 bits per heavy atom. The van der Waals surface area contributed by atoms with Crippen molar-refractivity contribution in [1.29, 1.82) is 0 Å². The largest absolute Gasteiger partial charge is 0.449 e. The zero-order chi connectivity index (χ0) is 17.1. The highest BCUT2D eigenvalue weighted by molar-refractivity contribution is 5.80. The number of ether oxygens (including phenoxy) is 1. The summed E-state index contributed by atoms with van der Waals surface area (Å²) < 4.78 is 5.12. The maximum Gasteiger partial charge on any atom is 0.410 e. The third-order valence-electron chi connectivity index (χ3n) is 5.51. The van der Waals surface area contributed by atoms with E-state index in [1.54, 1.807) is 6.92 Å². The number of likely N-dealkylation sites (tertiary alicyclic amines) is 2. The van der Waals surface area contributed by atoms with Gasteiger partial charge in [-0.2, -0.15) is 0 Å². The van der Waals surface area contributed by atoms with E-state index >= 15 is 0 Å². The zero-order valence-corrected chi connectivity index (χ0v) is 14.4. The van der Waals surface area contributed by atoms with Gasteiger partial charge in [-0.1, -0.05) is 0 Å². The minimum absolute atomic E-state index is 0.0390. The molecule has 0 spiro atoms. The molecule has 0 aliphatic carbocycles. The minimum atomic E-state index is -0.206. The van der Waals surface area contributed by atoms with Crippen LogP contribution < -0.4 is 0 Å². The van der Waals surface area contributed by atoms with E-state index in [0.717, 1.165) is 38.6 Å². The molecule has 0 radical (unpaired) electrons. The van der Waals surface area contributed by atoms with Gasteiger partial charge in [0.25, 0.3) is 0 Å². The Kier molecular flexibility index (Phi) is 5.26. The van der Waals surface area contributed by atoms with Gasteiger partial charge in [0.05, 0.1) is 6.61 Å². The molecule has 3 aliphatic heterocycles. The van der Waals surface area contributed by atoms with Crippen molar-refractivity contribution in [2.45, 2.75) is 45.1 Å². The van der Waals surface area contributed by atoms with Gasteiger partial charge in [0.2, 0.25) is 11.8 Å². The lowest BCUT2D eigenvalue weighted by atomic mass is 9.93. The fraction of sp³-hybridized carbons (Fsp3) is 0.824. The van der Waals surface area contributed by atoms with E-state index in [1.165, 1.54) is 0 Å². The second-order valence-corrected chi connectivity index (χ2v) is 7.00. The Morgan fingerprint density at radius 1 is 0.958 bits per heavy atom. The van der Waals surface area contributed by atoms with Gasteiger partial charge in [0, 0.05) is 51.6 Å². The number of nitrogens with zero attached hydrogens (tertiary/aromatic N) is 3. The summed E-state index contributed by atoms with van der Waals surface area (Å²) in [7, 11) is 0. The molecular weight excluding hydrogens is 310 g/mol. The molecule has 0 aromatic heterocycles. The molecule has 7 nitrogen and oxygen atoms in total. The molecule has 24 heavy (non-hydrogen) atoms. The average Bonchev–Trinajstić information content (AvgIpc) is 2.62. The second kappa shape index (κ2) is 7.40. The number of cyclic esters (lactones) is 1. The van der Waals surface area contributed by atoms with Crippen LogP contribution in [0.2, 0.25) is 0 Å². The van der Waals surface area contributed by atoms with Crippen molar-refractivity contribution >= 4 is 17.9 Å². The summed E-state index contributed by atoms with van der Waals surface area (Å²) in [6.45, 7) is 5.65. The molecule has 3 amide bonds. The van der Waals surface area contributed by atoms with Crippen LogP contribution in [0.4, 0.5) is 4.79 Å². The predicted molar refractivity (Wildman–Crippen MR) is 87.3 cm³/mol. The van der Waals surface area contributed by atoms with Gasteiger partial charge in [-0.15, -0.1) is 0 Å². The van der Waals surface area contributed by atoms with Crippen LogP contribution in [0.5, 0.6) is 0 Å². The fourth-order valence-corrected chi connectivity index (χ4v) is 4.00. The van der Waals surface area contributed by atoms with Gasteiger partial charge in [0.1, 0.15) is 0 Å². The van der Waals surface area contributed by atoms with Crippen LogP contribution in [0.3, 0.4) is 0 Å². The molecule has 0 unspecified atom stereocenters. The van der Waals surface area contributed by atoms with Crippen molar-refractivity contribution in [1.82, 2.24) is 14.7 Å². The highest BCUT2D eigenvalue weighted by atomic mass is 16.6. The summed E-state index contributed by atoms with van der Waals surface area (Å²) in [6, 6.07) is 0.196. The summed E-state index contributed by atoms with van der Waals surface area (Å²) in [5, 5.41) is 0. The Hall–Kier alpha value is -1.79. The van der Waals surface area contributed by atoms with Gasteiger partial charge in [-0.25, -0.2) is 4.79 Å². The zero-order valence-electron chi connectivity index (χ0n) is 14.4. The first-order valence-electron chi connectivity index (χ1n) is 9.04. The van der Waals surface area contributed by atoms with Gasteiger partial charge in [-0.3, -0.25) is 9.59 Å². The number of amides is 3. The Morgan fingerprint density at radius 2 is 1.58 bits per heavy atom. The van der Waals surface area contributed by atoms with Gasteiger partial charge in [0.15, 0.2) is 0 Å². The lowest BCUT2D eigenvalue weighted by molar-refractivity contribution is -0.141. The monoisotopic (exact) mass is 337 g/mol. The average molecular weight is 337 g/mol. The summed E-state index contributed by atoms with van der Waals surface area (Å²) in [4.78, 5) is 41.5. The van der Waals surface area contributed by atoms with E-state index in [9.17, 15) is 14.4 Å². The standard InChI is InChI=1S/C17H27N3O4/c1-13(21)18-8-3-14(4-9-18)16(22)19-10-5-15(6-11-19)20-7-2-12-24-17(20)23/h14-15H,2-12H2,1H3. The third-order valence-corrected chi connectivity index (χ3v) is 5.51. The number of piperidine rings is 2. The lowest BCUT2D eigenvalue weighted by Gasteiger charge is -2.41. The number of carbonyl (C=O) groups is 3. The number of rotatable bonds is 2. The quantitative estimate of drug-likeness (QED) is 0.756. The Bertz CT molecular complexity index is 494. The molecule has 0 aromatic rings. The molecule has 7 heteroatoms. The molecule has 0 N–H and O–H groups in total. The first-order chi connectivity index (χ1) is 11.6. The highest BCUT2D eigenvalue weighted by Gasteiger charge is 2.34. The van der Waals surface area contributed by atoms with Crippen LogP contribution in [0, 0.1) is 5.92 Å². The Labute approximate surface area is 142 Å². The molecule has 0 atom stereocenters. The van der Waals surface area contributed by atoms with Gasteiger partial charge < -0.3 is 19.4 Å². The number of carbonyl (C=O) groups excluding carboxylic acids is 3. The van der Waals surface area contributed by atoms with Crippen LogP contribution in [-0.2, 0) is 14.3 Å². The van der Waals surface area contributed by atoms with Crippen LogP contribution in [0.15, 0.2) is 0 Å². The fourth-order valence-electron chi connectivity index (χ4n) is 4.00. The minimum Gasteiger partial charge on any atom is -0.449 e. The first kappa shape index (κ1) is 17.0. The van der Waals surface area contributed by atoms with E-state index in [2.05, 4.69) is 0 Å². The van der Waals surface area contributed by atoms with Crippen molar-refractivity contribution in [3.8, 4) is 0 Å². The number of hydrogen-bond donors (Lipinski definition) is 0. The second-order valence-electron chi connectivity index (χ2n) is 7.00. The van der Waals surface area contributed by atoms with Crippen molar-refractivity contribution in [3.05, 3.63) is 0 Å². The van der Waals surface area contributed by atoms with Crippen molar-refractivity contribution in [2.75, 3.05) is 39.3 Å². The molecule has 3 heterocycles. The molecule has 3 aliphatic rings. The van der Waals surface area contributed by atoms with Crippen LogP contribution in [-0.4, -0.2) is 78.0 Å². The number of hydrogen-bond acceptors (Lipinski definition) is 4. The summed E-state index contributed by atoms with van der Waals surface area (Å²) in [5.41, 5.74) is 0. The first-order valence-corrected chi connectivity index (χ1v) is 9.04. The van der Waals surface area contributed by atoms with Crippen molar-refractivity contribution < 1.29 is 19.1 Å². The normalized spacial score (nSPS) is 24.0. The van der Waals surface area contributed by atoms with E-state index in [0.29, 0.717) is 32.8 Å². The van der Waals surface area contributed by atoms with E-state index < -0.39 is 0 Å². The summed E-state index contributed by atoms with van der Waals surface area (Å²) >= 11 is 0. The third kappa shape index (κ3) is 3.65. The van der Waals surface area contributed by atoms with Crippen LogP contribution in [0.1, 0.15) is 39.0 Å². The predicted octanol–water partition coefficient (Wildman–Crippen LogP) is 1.08. The van der Waals surface area contributed by atoms with Crippen LogP contribution in [0.25, 0.3) is 0 Å². The molecule has 3 saturated heterocycles. The molecule has 0 bridgehead atoms. The maximum absolute atomic E-state index is 12.7. The van der Waals surface area contributed by atoms with Gasteiger partial charge >= 0.3 is 6.09 Å². The summed E-state index contributed by atoms with van der Waals surface area (Å²) in [6.07, 6.45) is 3.86. The molecule has 134 valence electrons. The topological polar surface area (TPSA) is 70.2 Å². The van der Waals surface area contributed by atoms with Gasteiger partial charge in [-0.05, 0) is 32.1 Å². The molecule has 3 fully saturated rings. The van der Waals surface area contributed by atoms with E-state index in [4.69, 9.17) is 4.74 Å². The molecule has 0 aromatic carbocycles. The molecule has 0 saturated carbocycles. The SMILES string of the molecule is CC(=O)N1CCC(C(=O)N2CCC(N3CCCOC3=O)CC2)CC1. The lowest BCUT2D eigenvalue weighted by Crippen LogP contribution is -2.52. The smallest absolute Gasteiger partial charge is 0.410 e. The Balaban J connectivity index is 1.47. The summed E-state index contributed by atoms with van der Waals surface area (Å²) in [5.74, 6) is 0.352. The maximum atomic E-state index is 12.7. The highest BCUT2D eigenvalue weighted by Crippen LogP contribution is 2.24. The molecular formula is C17H27N3O4.